The maximum atomic E-state index is 13.9. The number of carbonyl (C=O) groups is 1. The van der Waals surface area contributed by atoms with Crippen LogP contribution in [-0.4, -0.2) is 39.9 Å². The highest BCUT2D eigenvalue weighted by molar-refractivity contribution is 6.01. The second kappa shape index (κ2) is 9.88. The molecule has 0 aliphatic heterocycles. The second-order valence-corrected chi connectivity index (χ2v) is 12.4. The number of allylic oxidation sites excluding steroid dienone is 1. The predicted molar refractivity (Wildman–Crippen MR) is 129 cm³/mol. The molecule has 0 radical (unpaired) electrons. The summed E-state index contributed by atoms with van der Waals surface area (Å²) in [5, 5.41) is 31.2. The third kappa shape index (κ3) is 4.61. The number of Topliss-reactive ketones (excluding diaryl/α,β-unsaturated/α-hetero) is 1. The van der Waals surface area contributed by atoms with Gasteiger partial charge in [-0.3, -0.25) is 4.79 Å². The molecule has 9 atom stereocenters. The molecule has 1 unspecified atom stereocenters. The van der Waals surface area contributed by atoms with E-state index in [0.717, 1.165) is 18.4 Å². The molecule has 4 heteroatoms. The Kier molecular flexibility index (Phi) is 8.00. The van der Waals surface area contributed by atoms with Crippen molar-refractivity contribution in [1.29, 1.82) is 0 Å². The molecule has 32 heavy (non-hydrogen) atoms. The van der Waals surface area contributed by atoms with Crippen molar-refractivity contribution < 1.29 is 20.1 Å². The van der Waals surface area contributed by atoms with Crippen LogP contribution in [0, 0.1) is 46.3 Å². The minimum absolute atomic E-state index is 0.0939. The second-order valence-electron chi connectivity index (χ2n) is 12.4. The molecule has 0 spiro atoms. The number of hydrogen-bond acceptors (Lipinski definition) is 4. The van der Waals surface area contributed by atoms with Crippen LogP contribution in [0.1, 0.15) is 92.9 Å². The summed E-state index contributed by atoms with van der Waals surface area (Å²) in [6, 6.07) is 0. The Morgan fingerprint density at radius 2 is 1.75 bits per heavy atom. The van der Waals surface area contributed by atoms with E-state index >= 15 is 0 Å². The van der Waals surface area contributed by atoms with Gasteiger partial charge in [0.2, 0.25) is 0 Å². The summed E-state index contributed by atoms with van der Waals surface area (Å²) in [6.07, 6.45) is 7.65. The highest BCUT2D eigenvalue weighted by atomic mass is 16.3. The Morgan fingerprint density at radius 3 is 2.38 bits per heavy atom. The summed E-state index contributed by atoms with van der Waals surface area (Å²) in [6.45, 7) is 13.7. The first-order chi connectivity index (χ1) is 15.0. The summed E-state index contributed by atoms with van der Waals surface area (Å²) in [4.78, 5) is 13.9. The molecular formula is C28H48O4. The lowest BCUT2D eigenvalue weighted by molar-refractivity contribution is -0.138. The Morgan fingerprint density at radius 1 is 1.06 bits per heavy atom. The van der Waals surface area contributed by atoms with Crippen LogP contribution in [-0.2, 0) is 4.79 Å². The van der Waals surface area contributed by atoms with E-state index in [1.165, 1.54) is 12.8 Å². The molecular weight excluding hydrogens is 400 g/mol. The van der Waals surface area contributed by atoms with Crippen LogP contribution < -0.4 is 0 Å². The Balaban J connectivity index is 1.85. The number of carbonyl (C=O) groups excluding carboxylic acids is 1. The molecule has 0 aromatic rings. The first kappa shape index (κ1) is 25.9. The van der Waals surface area contributed by atoms with E-state index in [4.69, 9.17) is 0 Å². The highest BCUT2D eigenvalue weighted by Crippen LogP contribution is 2.59. The van der Waals surface area contributed by atoms with Crippen LogP contribution in [0.4, 0.5) is 0 Å². The zero-order chi connectivity index (χ0) is 23.8. The van der Waals surface area contributed by atoms with Crippen LogP contribution >= 0.6 is 0 Å². The number of ketones is 1. The summed E-state index contributed by atoms with van der Waals surface area (Å²) < 4.78 is 0. The van der Waals surface area contributed by atoms with Gasteiger partial charge in [0, 0.05) is 17.9 Å². The van der Waals surface area contributed by atoms with E-state index in [9.17, 15) is 20.1 Å². The molecule has 2 fully saturated rings. The van der Waals surface area contributed by atoms with Crippen molar-refractivity contribution in [3.63, 3.8) is 0 Å². The lowest BCUT2D eigenvalue weighted by Crippen LogP contribution is -2.52. The first-order valence-corrected chi connectivity index (χ1v) is 13.2. The molecule has 3 aliphatic carbocycles. The molecule has 184 valence electrons. The van der Waals surface area contributed by atoms with Gasteiger partial charge in [-0.25, -0.2) is 0 Å². The van der Waals surface area contributed by atoms with Crippen LogP contribution in [0.3, 0.4) is 0 Å². The van der Waals surface area contributed by atoms with Gasteiger partial charge < -0.3 is 15.3 Å². The fourth-order valence-corrected chi connectivity index (χ4v) is 7.47. The van der Waals surface area contributed by atoms with E-state index in [1.807, 2.05) is 13.0 Å². The van der Waals surface area contributed by atoms with Crippen LogP contribution in [0.2, 0.25) is 0 Å². The topological polar surface area (TPSA) is 77.8 Å². The van der Waals surface area contributed by atoms with Crippen LogP contribution in [0.5, 0.6) is 0 Å². The molecule has 3 aliphatic rings. The van der Waals surface area contributed by atoms with Gasteiger partial charge in [-0.05, 0) is 85.2 Å². The van der Waals surface area contributed by atoms with Crippen LogP contribution in [0.25, 0.3) is 0 Å². The quantitative estimate of drug-likeness (QED) is 0.480. The van der Waals surface area contributed by atoms with Crippen LogP contribution in [0.15, 0.2) is 11.6 Å². The molecule has 4 nitrogen and oxygen atoms in total. The zero-order valence-electron chi connectivity index (χ0n) is 21.3. The van der Waals surface area contributed by atoms with Gasteiger partial charge in [-0.1, -0.05) is 54.4 Å². The Labute approximate surface area is 195 Å². The van der Waals surface area contributed by atoms with E-state index in [1.54, 1.807) is 0 Å². The standard InChI is InChI=1S/C28H48O4/c1-17(2)18(3)7-8-19(4)22-9-10-23(27(22,5)13-14-29)21-16-25(31)24-15-20(30)11-12-28(24,6)26(21)32/h16-20,22-25,29-31H,7-15H2,1-6H3/t18?,19-,20+,22-,23+,24-,25+,27-,28+/m1/s1. The van der Waals surface area contributed by atoms with Crippen molar-refractivity contribution in [3.8, 4) is 0 Å². The average molecular weight is 449 g/mol. The number of rotatable bonds is 8. The molecule has 0 saturated heterocycles. The molecule has 3 N–H and O–H groups in total. The summed E-state index contributed by atoms with van der Waals surface area (Å²) >= 11 is 0. The summed E-state index contributed by atoms with van der Waals surface area (Å²) in [7, 11) is 0. The van der Waals surface area contributed by atoms with Crippen molar-refractivity contribution in [1.82, 2.24) is 0 Å². The van der Waals surface area contributed by atoms with Crippen molar-refractivity contribution in [2.24, 2.45) is 46.3 Å². The van der Waals surface area contributed by atoms with E-state index in [2.05, 4.69) is 34.6 Å². The lowest BCUT2D eigenvalue weighted by Gasteiger charge is -2.49. The molecule has 0 aromatic heterocycles. The number of hydrogen-bond donors (Lipinski definition) is 3. The Bertz CT molecular complexity index is 700. The number of fused-ring (bicyclic) bond motifs is 1. The molecule has 0 heterocycles. The van der Waals surface area contributed by atoms with Gasteiger partial charge >= 0.3 is 0 Å². The van der Waals surface area contributed by atoms with Gasteiger partial charge in [0.15, 0.2) is 5.78 Å². The van der Waals surface area contributed by atoms with E-state index in [0.29, 0.717) is 49.4 Å². The SMILES string of the molecule is CC(C)C(C)CC[C@@H](C)[C@H]1CC[C@@H](C2=C[C@H](O)[C@H]3C[C@@H](O)CC[C@]3(C)C2=O)[C@]1(C)CCO. The molecule has 0 bridgehead atoms. The molecule has 3 rings (SSSR count). The smallest absolute Gasteiger partial charge is 0.165 e. The van der Waals surface area contributed by atoms with Crippen molar-refractivity contribution in [3.05, 3.63) is 11.6 Å². The molecule has 0 aromatic carbocycles. The fourth-order valence-electron chi connectivity index (χ4n) is 7.47. The fraction of sp³-hybridized carbons (Fsp3) is 0.893. The Hall–Kier alpha value is -0.710. The molecule has 2 saturated carbocycles. The van der Waals surface area contributed by atoms with Gasteiger partial charge in [0.1, 0.15) is 0 Å². The third-order valence-electron chi connectivity index (χ3n) is 10.2. The van der Waals surface area contributed by atoms with Crippen molar-refractivity contribution >= 4 is 5.78 Å². The summed E-state index contributed by atoms with van der Waals surface area (Å²) in [5.74, 6) is 2.51. The largest absolute Gasteiger partial charge is 0.396 e. The third-order valence-corrected chi connectivity index (χ3v) is 10.2. The normalized spacial score (nSPS) is 42.0. The predicted octanol–water partition coefficient (Wildman–Crippen LogP) is 5.15. The summed E-state index contributed by atoms with van der Waals surface area (Å²) in [5.41, 5.74) is 0.0985. The zero-order valence-corrected chi connectivity index (χ0v) is 21.3. The van der Waals surface area contributed by atoms with Gasteiger partial charge in [-0.2, -0.15) is 0 Å². The number of aliphatic hydroxyl groups excluding tert-OH is 3. The van der Waals surface area contributed by atoms with Crippen molar-refractivity contribution in [2.75, 3.05) is 6.61 Å². The monoisotopic (exact) mass is 448 g/mol. The first-order valence-electron chi connectivity index (χ1n) is 13.2. The highest BCUT2D eigenvalue weighted by Gasteiger charge is 2.56. The van der Waals surface area contributed by atoms with E-state index < -0.39 is 17.6 Å². The minimum Gasteiger partial charge on any atom is -0.396 e. The maximum absolute atomic E-state index is 13.9. The van der Waals surface area contributed by atoms with Gasteiger partial charge in [0.05, 0.1) is 12.2 Å². The lowest BCUT2D eigenvalue weighted by atomic mass is 9.55. The molecule has 0 amide bonds. The maximum Gasteiger partial charge on any atom is 0.165 e. The average Bonchev–Trinajstić information content (AvgIpc) is 3.07. The van der Waals surface area contributed by atoms with E-state index in [-0.39, 0.29) is 29.6 Å². The minimum atomic E-state index is -0.676. The number of aliphatic hydroxyl groups is 3. The van der Waals surface area contributed by atoms with Gasteiger partial charge in [0.25, 0.3) is 0 Å². The van der Waals surface area contributed by atoms with Crippen molar-refractivity contribution in [2.45, 2.75) is 105 Å². The van der Waals surface area contributed by atoms with Gasteiger partial charge in [-0.15, -0.1) is 0 Å².